The molecule has 0 amide bonds. The Labute approximate surface area is 234 Å². The van der Waals surface area contributed by atoms with E-state index in [9.17, 15) is 19.7 Å². The van der Waals surface area contributed by atoms with Gasteiger partial charge in [-0.3, -0.25) is 4.79 Å². The number of anilines is 2. The minimum absolute atomic E-state index is 0.0641. The summed E-state index contributed by atoms with van der Waals surface area (Å²) in [5.41, 5.74) is 3.98. The number of hydrogen-bond acceptors (Lipinski definition) is 6. The number of hydrogen-bond donors (Lipinski definition) is 0. The summed E-state index contributed by atoms with van der Waals surface area (Å²) in [6, 6.07) is 13.4. The molecule has 3 fully saturated rings. The zero-order valence-corrected chi connectivity index (χ0v) is 23.2. The molecule has 0 aliphatic heterocycles. The van der Waals surface area contributed by atoms with Crippen LogP contribution >= 0.6 is 0 Å². The molecule has 3 aliphatic rings. The van der Waals surface area contributed by atoms with Crippen molar-refractivity contribution in [1.82, 2.24) is 9.55 Å². The average Bonchev–Trinajstić information content (AvgIpc) is 3.80. The fraction of sp³-hybridized carbons (Fsp3) is 0.500. The number of aromatic nitrogens is 2. The molecular weight excluding hydrogens is 503 g/mol. The van der Waals surface area contributed by atoms with Gasteiger partial charge in [-0.15, -0.1) is 0 Å². The first kappa shape index (κ1) is 26.3. The van der Waals surface area contributed by atoms with Crippen LogP contribution in [0.3, 0.4) is 0 Å². The Kier molecular flexibility index (Phi) is 6.96. The molecule has 3 aliphatic carbocycles. The first-order valence-corrected chi connectivity index (χ1v) is 14.5. The average molecular weight is 539 g/mol. The smallest absolute Gasteiger partial charge is 0.270 e. The Morgan fingerprint density at radius 2 is 1.73 bits per heavy atom. The second-order valence-corrected chi connectivity index (χ2v) is 11.9. The van der Waals surface area contributed by atoms with Crippen LogP contribution in [0.1, 0.15) is 80.5 Å². The molecule has 6 rings (SSSR count). The zero-order valence-electron chi connectivity index (χ0n) is 23.2. The fourth-order valence-corrected chi connectivity index (χ4v) is 6.75. The summed E-state index contributed by atoms with van der Waals surface area (Å²) in [6.07, 6.45) is 9.86. The Morgan fingerprint density at radius 3 is 2.35 bits per heavy atom. The van der Waals surface area contributed by atoms with Crippen LogP contribution in [0.4, 0.5) is 15.8 Å². The number of halogens is 1. The highest BCUT2D eigenvalue weighted by Crippen LogP contribution is 2.46. The molecule has 3 aromatic rings. The largest absolute Gasteiger partial charge is 0.369 e. The van der Waals surface area contributed by atoms with Gasteiger partial charge in [-0.05, 0) is 99.1 Å². The summed E-state index contributed by atoms with van der Waals surface area (Å²) >= 11 is 0. The van der Waals surface area contributed by atoms with E-state index in [1.807, 2.05) is 13.1 Å². The molecule has 0 atom stereocenters. The van der Waals surface area contributed by atoms with Crippen LogP contribution in [0.5, 0.6) is 0 Å². The number of rotatable bonds is 7. The molecule has 0 unspecified atom stereocenters. The summed E-state index contributed by atoms with van der Waals surface area (Å²) in [4.78, 5) is 22.3. The Balaban J connectivity index is 1.29. The van der Waals surface area contributed by atoms with Crippen LogP contribution in [-0.2, 0) is 7.05 Å². The van der Waals surface area contributed by atoms with Crippen LogP contribution in [0, 0.1) is 34.4 Å². The zero-order chi connectivity index (χ0) is 28.0. The van der Waals surface area contributed by atoms with Crippen molar-refractivity contribution in [3.8, 4) is 12.1 Å². The van der Waals surface area contributed by atoms with Gasteiger partial charge in [-0.1, -0.05) is 6.42 Å². The van der Waals surface area contributed by atoms with E-state index in [2.05, 4.69) is 26.9 Å². The van der Waals surface area contributed by atoms with Crippen LogP contribution in [0.15, 0.2) is 35.1 Å². The Morgan fingerprint density at radius 1 is 1.00 bits per heavy atom. The molecule has 2 heterocycles. The lowest BCUT2D eigenvalue weighted by molar-refractivity contribution is 0.290. The fourth-order valence-electron chi connectivity index (χ4n) is 6.75. The van der Waals surface area contributed by atoms with E-state index in [4.69, 9.17) is 0 Å². The standard InChI is InChI=1S/C32H35FN6O/c1-37(31-27(18-35)32(40)38(2)29-15-9-23(17-34)36-30(29)31)24-10-12-25(13-11-24)39(19-20-4-3-5-20)28-14-8-22(33)16-26(28)21-6-7-21/h8-9,14-16,20-21,24-25H,3-7,10-13,19H2,1-2H3. The molecule has 7 nitrogen and oxygen atoms in total. The first-order valence-electron chi connectivity index (χ1n) is 14.5. The normalized spacial score (nSPS) is 20.9. The Bertz CT molecular complexity index is 1580. The predicted octanol–water partition coefficient (Wildman–Crippen LogP) is 5.75. The van der Waals surface area contributed by atoms with Gasteiger partial charge in [-0.2, -0.15) is 10.5 Å². The quantitative estimate of drug-likeness (QED) is 0.381. The van der Waals surface area contributed by atoms with Crippen LogP contribution in [0.2, 0.25) is 0 Å². The molecule has 206 valence electrons. The number of fused-ring (bicyclic) bond motifs is 1. The third-order valence-electron chi connectivity index (χ3n) is 9.44. The van der Waals surface area contributed by atoms with Crippen molar-refractivity contribution in [2.24, 2.45) is 13.0 Å². The molecule has 0 N–H and O–H groups in total. The van der Waals surface area contributed by atoms with E-state index in [1.165, 1.54) is 35.1 Å². The van der Waals surface area contributed by atoms with Gasteiger partial charge in [-0.25, -0.2) is 9.37 Å². The summed E-state index contributed by atoms with van der Waals surface area (Å²) in [7, 11) is 3.58. The van der Waals surface area contributed by atoms with Crippen LogP contribution in [-0.4, -0.2) is 35.2 Å². The lowest BCUT2D eigenvalue weighted by atomic mass is 9.82. The number of nitriles is 2. The van der Waals surface area contributed by atoms with Crippen molar-refractivity contribution in [3.63, 3.8) is 0 Å². The summed E-state index contributed by atoms with van der Waals surface area (Å²) in [6.45, 7) is 1.02. The maximum absolute atomic E-state index is 14.3. The third kappa shape index (κ3) is 4.70. The number of aryl methyl sites for hydroxylation is 1. The molecule has 0 radical (unpaired) electrons. The molecular formula is C32H35FN6O. The molecule has 0 saturated heterocycles. The van der Waals surface area contributed by atoms with Gasteiger partial charge in [0.25, 0.3) is 5.56 Å². The SMILES string of the molecule is CN(c1c(C#N)c(=O)n(C)c2ccc(C#N)nc12)C1CCC(N(CC2CCC2)c2ccc(F)cc2C2CC2)CC1. The highest BCUT2D eigenvalue weighted by Gasteiger charge is 2.35. The number of pyridine rings is 2. The van der Waals surface area contributed by atoms with Gasteiger partial charge < -0.3 is 14.4 Å². The number of benzene rings is 1. The van der Waals surface area contributed by atoms with Gasteiger partial charge in [0, 0.05) is 38.4 Å². The van der Waals surface area contributed by atoms with E-state index < -0.39 is 0 Å². The van der Waals surface area contributed by atoms with Crippen molar-refractivity contribution in [2.45, 2.75) is 75.8 Å². The second kappa shape index (κ2) is 10.6. The monoisotopic (exact) mass is 538 g/mol. The molecule has 0 bridgehead atoms. The van der Waals surface area contributed by atoms with E-state index in [0.717, 1.165) is 45.1 Å². The predicted molar refractivity (Wildman–Crippen MR) is 154 cm³/mol. The maximum atomic E-state index is 14.3. The molecule has 40 heavy (non-hydrogen) atoms. The van der Waals surface area contributed by atoms with Crippen molar-refractivity contribution in [3.05, 3.63) is 63.3 Å². The van der Waals surface area contributed by atoms with Gasteiger partial charge in [0.2, 0.25) is 0 Å². The lowest BCUT2D eigenvalue weighted by Crippen LogP contribution is -2.46. The first-order chi connectivity index (χ1) is 19.4. The van der Waals surface area contributed by atoms with Crippen molar-refractivity contribution < 1.29 is 4.39 Å². The third-order valence-corrected chi connectivity index (χ3v) is 9.44. The van der Waals surface area contributed by atoms with E-state index in [-0.39, 0.29) is 28.7 Å². The van der Waals surface area contributed by atoms with E-state index in [0.29, 0.717) is 34.6 Å². The summed E-state index contributed by atoms with van der Waals surface area (Å²) in [5, 5.41) is 19.5. The summed E-state index contributed by atoms with van der Waals surface area (Å²) < 4.78 is 15.7. The topological polar surface area (TPSA) is 88.9 Å². The molecule has 0 spiro atoms. The minimum Gasteiger partial charge on any atom is -0.369 e. The van der Waals surface area contributed by atoms with Gasteiger partial charge in [0.15, 0.2) is 0 Å². The van der Waals surface area contributed by atoms with Gasteiger partial charge in [0.1, 0.15) is 34.7 Å². The lowest BCUT2D eigenvalue weighted by Gasteiger charge is -2.44. The molecule has 2 aromatic heterocycles. The van der Waals surface area contributed by atoms with Crippen molar-refractivity contribution in [2.75, 3.05) is 23.4 Å². The Hall–Kier alpha value is -3.91. The molecule has 3 saturated carbocycles. The van der Waals surface area contributed by atoms with Crippen LogP contribution in [0.25, 0.3) is 11.0 Å². The van der Waals surface area contributed by atoms with Crippen LogP contribution < -0.4 is 15.4 Å². The van der Waals surface area contributed by atoms with Crippen molar-refractivity contribution in [1.29, 1.82) is 10.5 Å². The second-order valence-electron chi connectivity index (χ2n) is 11.9. The van der Waals surface area contributed by atoms with Crippen molar-refractivity contribution >= 4 is 22.4 Å². The van der Waals surface area contributed by atoms with Gasteiger partial charge in [0.05, 0.1) is 11.2 Å². The van der Waals surface area contributed by atoms with E-state index in [1.54, 1.807) is 31.3 Å². The summed E-state index contributed by atoms with van der Waals surface area (Å²) in [5.74, 6) is 1.02. The maximum Gasteiger partial charge on any atom is 0.270 e. The molecule has 1 aromatic carbocycles. The number of nitrogens with zero attached hydrogens (tertiary/aromatic N) is 6. The highest BCUT2D eigenvalue weighted by atomic mass is 19.1. The molecule has 8 heteroatoms. The highest BCUT2D eigenvalue weighted by molar-refractivity contribution is 5.92. The van der Waals surface area contributed by atoms with E-state index >= 15 is 0 Å². The minimum atomic E-state index is -0.354. The van der Waals surface area contributed by atoms with Gasteiger partial charge >= 0.3 is 0 Å².